The highest BCUT2D eigenvalue weighted by molar-refractivity contribution is 5.80. The maximum absolute atomic E-state index is 12.8. The van der Waals surface area contributed by atoms with Crippen LogP contribution in [-0.2, 0) is 4.79 Å². The van der Waals surface area contributed by atoms with E-state index in [-0.39, 0.29) is 11.4 Å². The highest BCUT2D eigenvalue weighted by atomic mass is 16.5. The van der Waals surface area contributed by atoms with Gasteiger partial charge in [-0.15, -0.1) is 0 Å². The molecule has 0 heterocycles. The van der Waals surface area contributed by atoms with E-state index in [2.05, 4.69) is 6.58 Å². The summed E-state index contributed by atoms with van der Waals surface area (Å²) in [5.41, 5.74) is 0.871. The lowest BCUT2D eigenvalue weighted by Gasteiger charge is -2.55. The highest BCUT2D eigenvalue weighted by Crippen LogP contribution is 2.60. The van der Waals surface area contributed by atoms with Crippen LogP contribution in [0.4, 0.5) is 0 Å². The van der Waals surface area contributed by atoms with Gasteiger partial charge in [-0.05, 0) is 74.0 Å². The van der Waals surface area contributed by atoms with Gasteiger partial charge < -0.3 is 4.74 Å². The Labute approximate surface area is 126 Å². The minimum Gasteiger partial charge on any atom is -0.426 e. The van der Waals surface area contributed by atoms with E-state index in [4.69, 9.17) is 4.74 Å². The monoisotopic (exact) mass is 282 g/mol. The number of rotatable bonds is 3. The molecule has 0 aliphatic heterocycles. The molecule has 0 unspecified atom stereocenters. The molecule has 1 aromatic rings. The van der Waals surface area contributed by atoms with Gasteiger partial charge in [0.1, 0.15) is 5.75 Å². The zero-order chi connectivity index (χ0) is 14.4. The number of carbonyl (C=O) groups is 1. The van der Waals surface area contributed by atoms with Gasteiger partial charge in [-0.25, -0.2) is 0 Å². The standard InChI is InChI=1S/C19H22O2/c1-2-13-3-5-17(6-4-13)21-18(20)19-10-14-7-15(11-19)9-16(8-14)12-19/h2-6,14-16H,1,7-12H2. The topological polar surface area (TPSA) is 26.3 Å². The molecule has 1 aromatic carbocycles. The number of benzene rings is 1. The van der Waals surface area contributed by atoms with Gasteiger partial charge in [0.2, 0.25) is 0 Å². The summed E-state index contributed by atoms with van der Waals surface area (Å²) in [5, 5.41) is 0. The van der Waals surface area contributed by atoms with E-state index < -0.39 is 0 Å². The summed E-state index contributed by atoms with van der Waals surface area (Å²) in [4.78, 5) is 12.8. The van der Waals surface area contributed by atoms with Crippen LogP contribution in [0.1, 0.15) is 44.1 Å². The summed E-state index contributed by atoms with van der Waals surface area (Å²) in [7, 11) is 0. The Kier molecular flexibility index (Phi) is 2.95. The lowest BCUT2D eigenvalue weighted by Crippen LogP contribution is -2.51. The van der Waals surface area contributed by atoms with E-state index in [1.54, 1.807) is 6.08 Å². The zero-order valence-electron chi connectivity index (χ0n) is 12.4. The van der Waals surface area contributed by atoms with E-state index in [0.717, 1.165) is 42.6 Å². The fourth-order valence-electron chi connectivity index (χ4n) is 5.25. The summed E-state index contributed by atoms with van der Waals surface area (Å²) in [6.07, 6.45) is 9.01. The first-order chi connectivity index (χ1) is 10.2. The van der Waals surface area contributed by atoms with Crippen LogP contribution in [-0.4, -0.2) is 5.97 Å². The first kappa shape index (κ1) is 13.1. The fourth-order valence-corrected chi connectivity index (χ4v) is 5.25. The van der Waals surface area contributed by atoms with Crippen molar-refractivity contribution in [1.82, 2.24) is 0 Å². The Morgan fingerprint density at radius 1 is 1.05 bits per heavy atom. The number of esters is 1. The summed E-state index contributed by atoms with van der Waals surface area (Å²) >= 11 is 0. The number of hydrogen-bond acceptors (Lipinski definition) is 2. The van der Waals surface area contributed by atoms with Crippen LogP contribution in [0.25, 0.3) is 6.08 Å². The summed E-state index contributed by atoms with van der Waals surface area (Å²) in [6.45, 7) is 3.74. The highest BCUT2D eigenvalue weighted by Gasteiger charge is 2.55. The van der Waals surface area contributed by atoms with E-state index in [1.165, 1.54) is 19.3 Å². The normalized spacial score (nSPS) is 36.5. The second-order valence-electron chi connectivity index (χ2n) is 7.36. The van der Waals surface area contributed by atoms with Crippen LogP contribution in [0, 0.1) is 23.2 Å². The van der Waals surface area contributed by atoms with E-state index in [0.29, 0.717) is 5.75 Å². The van der Waals surface area contributed by atoms with Gasteiger partial charge >= 0.3 is 5.97 Å². The average molecular weight is 282 g/mol. The molecular weight excluding hydrogens is 260 g/mol. The molecule has 2 nitrogen and oxygen atoms in total. The summed E-state index contributed by atoms with van der Waals surface area (Å²) < 4.78 is 5.73. The van der Waals surface area contributed by atoms with Gasteiger partial charge in [0.05, 0.1) is 5.41 Å². The quantitative estimate of drug-likeness (QED) is 0.604. The second kappa shape index (κ2) is 4.72. The van der Waals surface area contributed by atoms with Gasteiger partial charge in [0.15, 0.2) is 0 Å². The molecule has 2 heteroatoms. The number of carbonyl (C=O) groups excluding carboxylic acids is 1. The Balaban J connectivity index is 1.53. The molecule has 4 saturated carbocycles. The molecule has 4 bridgehead atoms. The molecule has 0 N–H and O–H groups in total. The van der Waals surface area contributed by atoms with Crippen LogP contribution in [0.5, 0.6) is 5.75 Å². The van der Waals surface area contributed by atoms with E-state index in [1.807, 2.05) is 24.3 Å². The Morgan fingerprint density at radius 2 is 1.57 bits per heavy atom. The van der Waals surface area contributed by atoms with Gasteiger partial charge in [-0.3, -0.25) is 4.79 Å². The maximum atomic E-state index is 12.8. The van der Waals surface area contributed by atoms with Crippen LogP contribution in [0.3, 0.4) is 0 Å². The molecule has 0 spiro atoms. The van der Waals surface area contributed by atoms with E-state index in [9.17, 15) is 4.79 Å². The summed E-state index contributed by atoms with van der Waals surface area (Å²) in [6, 6.07) is 7.62. The van der Waals surface area contributed by atoms with Crippen molar-refractivity contribution in [1.29, 1.82) is 0 Å². The van der Waals surface area contributed by atoms with Crippen LogP contribution in [0.2, 0.25) is 0 Å². The SMILES string of the molecule is C=Cc1ccc(OC(=O)C23CC4CC(CC(C4)C2)C3)cc1. The molecule has 0 saturated heterocycles. The maximum Gasteiger partial charge on any atom is 0.317 e. The van der Waals surface area contributed by atoms with Crippen molar-refractivity contribution in [3.8, 4) is 5.75 Å². The average Bonchev–Trinajstić information content (AvgIpc) is 2.46. The molecule has 0 atom stereocenters. The Bertz CT molecular complexity index is 534. The number of hydrogen-bond donors (Lipinski definition) is 0. The molecule has 4 fully saturated rings. The second-order valence-corrected chi connectivity index (χ2v) is 7.36. The molecule has 5 rings (SSSR count). The smallest absolute Gasteiger partial charge is 0.317 e. The van der Waals surface area contributed by atoms with Crippen molar-refractivity contribution in [3.63, 3.8) is 0 Å². The van der Waals surface area contributed by atoms with Gasteiger partial charge in [0.25, 0.3) is 0 Å². The first-order valence-electron chi connectivity index (χ1n) is 8.12. The third-order valence-electron chi connectivity index (χ3n) is 5.80. The van der Waals surface area contributed by atoms with Crippen LogP contribution in [0.15, 0.2) is 30.8 Å². The molecule has 0 aromatic heterocycles. The van der Waals surface area contributed by atoms with Crippen molar-refractivity contribution < 1.29 is 9.53 Å². The van der Waals surface area contributed by atoms with Gasteiger partial charge in [0, 0.05) is 0 Å². The Hall–Kier alpha value is -1.57. The molecule has 4 aliphatic rings. The minimum absolute atomic E-state index is 0.0213. The van der Waals surface area contributed by atoms with Gasteiger partial charge in [-0.1, -0.05) is 24.8 Å². The minimum atomic E-state index is -0.175. The third kappa shape index (κ3) is 2.21. The predicted molar refractivity (Wildman–Crippen MR) is 82.8 cm³/mol. The zero-order valence-corrected chi connectivity index (χ0v) is 12.4. The van der Waals surface area contributed by atoms with E-state index >= 15 is 0 Å². The molecule has 0 amide bonds. The van der Waals surface area contributed by atoms with Crippen molar-refractivity contribution in [2.24, 2.45) is 23.2 Å². The van der Waals surface area contributed by atoms with Crippen molar-refractivity contribution in [2.75, 3.05) is 0 Å². The molecule has 0 radical (unpaired) electrons. The summed E-state index contributed by atoms with van der Waals surface area (Å²) in [5.74, 6) is 3.00. The molecular formula is C19H22O2. The fraction of sp³-hybridized carbons (Fsp3) is 0.526. The largest absolute Gasteiger partial charge is 0.426 e. The first-order valence-corrected chi connectivity index (χ1v) is 8.12. The molecule has 21 heavy (non-hydrogen) atoms. The van der Waals surface area contributed by atoms with Crippen LogP contribution < -0.4 is 4.74 Å². The van der Waals surface area contributed by atoms with Crippen molar-refractivity contribution in [3.05, 3.63) is 36.4 Å². The number of ether oxygens (including phenoxy) is 1. The Morgan fingerprint density at radius 3 is 2.05 bits per heavy atom. The molecule has 4 aliphatic carbocycles. The lowest BCUT2D eigenvalue weighted by molar-refractivity contribution is -0.161. The predicted octanol–water partition coefficient (Wildman–Crippen LogP) is 4.45. The lowest BCUT2D eigenvalue weighted by atomic mass is 9.49. The van der Waals surface area contributed by atoms with Crippen LogP contribution >= 0.6 is 0 Å². The molecule has 110 valence electrons. The van der Waals surface area contributed by atoms with Gasteiger partial charge in [-0.2, -0.15) is 0 Å². The third-order valence-corrected chi connectivity index (χ3v) is 5.80. The van der Waals surface area contributed by atoms with Crippen molar-refractivity contribution in [2.45, 2.75) is 38.5 Å². The van der Waals surface area contributed by atoms with Crippen molar-refractivity contribution >= 4 is 12.0 Å².